The number of carbonyl (C=O) groups excluding carboxylic acids is 1. The van der Waals surface area contributed by atoms with Crippen molar-refractivity contribution in [3.05, 3.63) is 69.7 Å². The summed E-state index contributed by atoms with van der Waals surface area (Å²) in [7, 11) is 0. The van der Waals surface area contributed by atoms with E-state index in [9.17, 15) is 4.79 Å². The van der Waals surface area contributed by atoms with Crippen molar-refractivity contribution < 1.29 is 9.53 Å². The maximum Gasteiger partial charge on any atom is 0.224 e. The highest BCUT2D eigenvalue weighted by molar-refractivity contribution is 6.36. The number of rotatable bonds is 9. The van der Waals surface area contributed by atoms with E-state index in [1.807, 2.05) is 18.2 Å². The molecule has 0 aliphatic carbocycles. The Labute approximate surface area is 152 Å². The van der Waals surface area contributed by atoms with Crippen molar-refractivity contribution in [3.8, 4) is 0 Å². The van der Waals surface area contributed by atoms with Crippen molar-refractivity contribution in [2.75, 3.05) is 19.8 Å². The summed E-state index contributed by atoms with van der Waals surface area (Å²) in [5, 5.41) is 3.89. The quantitative estimate of drug-likeness (QED) is 0.672. The van der Waals surface area contributed by atoms with E-state index in [1.54, 1.807) is 18.2 Å². The van der Waals surface area contributed by atoms with Crippen LogP contribution in [0.2, 0.25) is 10.0 Å². The molecule has 24 heavy (non-hydrogen) atoms. The van der Waals surface area contributed by atoms with E-state index in [0.717, 1.165) is 12.8 Å². The van der Waals surface area contributed by atoms with Gasteiger partial charge in [-0.05, 0) is 36.1 Å². The molecule has 3 nitrogen and oxygen atoms in total. The Bertz CT molecular complexity index is 627. The van der Waals surface area contributed by atoms with Gasteiger partial charge in [0.1, 0.15) is 0 Å². The van der Waals surface area contributed by atoms with Crippen LogP contribution in [-0.4, -0.2) is 25.7 Å². The summed E-state index contributed by atoms with van der Waals surface area (Å²) in [6, 6.07) is 15.5. The lowest BCUT2D eigenvalue weighted by Gasteiger charge is -2.08. The van der Waals surface area contributed by atoms with Gasteiger partial charge in [0.15, 0.2) is 0 Å². The highest BCUT2D eigenvalue weighted by Crippen LogP contribution is 2.24. The van der Waals surface area contributed by atoms with Crippen LogP contribution in [0.4, 0.5) is 0 Å². The molecule has 2 aromatic rings. The lowest BCUT2D eigenvalue weighted by atomic mass is 10.1. The minimum atomic E-state index is -0.0886. The van der Waals surface area contributed by atoms with Gasteiger partial charge in [-0.25, -0.2) is 0 Å². The number of halogens is 2. The lowest BCUT2D eigenvalue weighted by Crippen LogP contribution is -2.27. The molecule has 0 atom stereocenters. The zero-order valence-corrected chi connectivity index (χ0v) is 14.9. The van der Waals surface area contributed by atoms with Crippen LogP contribution in [0.5, 0.6) is 0 Å². The first-order valence-corrected chi connectivity index (χ1v) is 8.73. The van der Waals surface area contributed by atoms with E-state index in [4.69, 9.17) is 27.9 Å². The summed E-state index contributed by atoms with van der Waals surface area (Å²) in [6.45, 7) is 1.89. The predicted molar refractivity (Wildman–Crippen MR) is 98.8 cm³/mol. The van der Waals surface area contributed by atoms with Gasteiger partial charge in [-0.1, -0.05) is 59.6 Å². The molecular weight excluding hydrogens is 345 g/mol. The number of hydrogen-bond acceptors (Lipinski definition) is 2. The Morgan fingerprint density at radius 1 is 0.958 bits per heavy atom. The van der Waals surface area contributed by atoms with Gasteiger partial charge in [-0.2, -0.15) is 0 Å². The van der Waals surface area contributed by atoms with Crippen LogP contribution in [0.1, 0.15) is 17.5 Å². The van der Waals surface area contributed by atoms with Gasteiger partial charge in [0, 0.05) is 23.2 Å². The molecular formula is C19H21Cl2NO2. The average molecular weight is 366 g/mol. The molecule has 0 aliphatic rings. The van der Waals surface area contributed by atoms with E-state index >= 15 is 0 Å². The Hall–Kier alpha value is -1.55. The minimum absolute atomic E-state index is 0.0886. The second kappa shape index (κ2) is 10.3. The van der Waals surface area contributed by atoms with Crippen molar-refractivity contribution in [3.63, 3.8) is 0 Å². The maximum absolute atomic E-state index is 11.9. The third-order valence-electron chi connectivity index (χ3n) is 3.56. The highest BCUT2D eigenvalue weighted by Gasteiger charge is 2.10. The standard InChI is InChI=1S/C19H21Cl2NO2/c20-17-8-4-9-18(21)16(17)14-19(23)22-11-5-12-24-13-10-15-6-2-1-3-7-15/h1-4,6-9H,5,10-14H2,(H,22,23). The Morgan fingerprint density at radius 2 is 1.67 bits per heavy atom. The van der Waals surface area contributed by atoms with Crippen LogP contribution in [0.3, 0.4) is 0 Å². The Balaban J connectivity index is 1.56. The molecule has 0 heterocycles. The van der Waals surface area contributed by atoms with Crippen LogP contribution in [0.25, 0.3) is 0 Å². The molecule has 0 bridgehead atoms. The molecule has 0 unspecified atom stereocenters. The van der Waals surface area contributed by atoms with E-state index in [1.165, 1.54) is 5.56 Å². The predicted octanol–water partition coefficient (Wildman–Crippen LogP) is 4.30. The van der Waals surface area contributed by atoms with Crippen molar-refractivity contribution in [2.24, 2.45) is 0 Å². The van der Waals surface area contributed by atoms with Crippen molar-refractivity contribution in [1.29, 1.82) is 0 Å². The van der Waals surface area contributed by atoms with E-state index < -0.39 is 0 Å². The molecule has 0 aliphatic heterocycles. The number of nitrogens with one attached hydrogen (secondary N) is 1. The summed E-state index contributed by atoms with van der Waals surface area (Å²) in [4.78, 5) is 11.9. The number of ether oxygens (including phenoxy) is 1. The van der Waals surface area contributed by atoms with Gasteiger partial charge in [0.2, 0.25) is 5.91 Å². The molecule has 0 spiro atoms. The summed E-state index contributed by atoms with van der Waals surface area (Å²) < 4.78 is 5.58. The largest absolute Gasteiger partial charge is 0.381 e. The van der Waals surface area contributed by atoms with Crippen molar-refractivity contribution >= 4 is 29.1 Å². The number of benzene rings is 2. The highest BCUT2D eigenvalue weighted by atomic mass is 35.5. The first kappa shape index (κ1) is 18.8. The summed E-state index contributed by atoms with van der Waals surface area (Å²) >= 11 is 12.1. The second-order valence-corrected chi connectivity index (χ2v) is 6.24. The van der Waals surface area contributed by atoms with Gasteiger partial charge in [0.05, 0.1) is 13.0 Å². The van der Waals surface area contributed by atoms with Crippen molar-refractivity contribution in [2.45, 2.75) is 19.3 Å². The van der Waals surface area contributed by atoms with Gasteiger partial charge >= 0.3 is 0 Å². The van der Waals surface area contributed by atoms with Gasteiger partial charge in [-0.3, -0.25) is 4.79 Å². The third kappa shape index (κ3) is 6.52. The summed E-state index contributed by atoms with van der Waals surface area (Å²) in [5.74, 6) is -0.0886. The molecule has 0 saturated carbocycles. The fraction of sp³-hybridized carbons (Fsp3) is 0.316. The number of hydrogen-bond donors (Lipinski definition) is 1. The van der Waals surface area contributed by atoms with E-state index in [0.29, 0.717) is 35.4 Å². The molecule has 2 aromatic carbocycles. The molecule has 128 valence electrons. The fourth-order valence-corrected chi connectivity index (χ4v) is 2.79. The van der Waals surface area contributed by atoms with Crippen LogP contribution >= 0.6 is 23.2 Å². The first-order valence-electron chi connectivity index (χ1n) is 7.98. The van der Waals surface area contributed by atoms with Crippen LogP contribution in [-0.2, 0) is 22.4 Å². The molecule has 0 saturated heterocycles. The smallest absolute Gasteiger partial charge is 0.224 e. The normalized spacial score (nSPS) is 10.6. The SMILES string of the molecule is O=C(Cc1c(Cl)cccc1Cl)NCCCOCCc1ccccc1. The molecule has 0 radical (unpaired) electrons. The van der Waals surface area contributed by atoms with E-state index in [-0.39, 0.29) is 12.3 Å². The van der Waals surface area contributed by atoms with Crippen LogP contribution in [0, 0.1) is 0 Å². The van der Waals surface area contributed by atoms with Gasteiger partial charge in [0.25, 0.3) is 0 Å². The summed E-state index contributed by atoms with van der Waals surface area (Å²) in [6.07, 6.45) is 1.86. The third-order valence-corrected chi connectivity index (χ3v) is 4.27. The number of carbonyl (C=O) groups is 1. The monoisotopic (exact) mass is 365 g/mol. The van der Waals surface area contributed by atoms with Crippen LogP contribution < -0.4 is 5.32 Å². The topological polar surface area (TPSA) is 38.3 Å². The van der Waals surface area contributed by atoms with Gasteiger partial charge < -0.3 is 10.1 Å². The Morgan fingerprint density at radius 3 is 2.38 bits per heavy atom. The first-order chi connectivity index (χ1) is 11.7. The Kier molecular flexibility index (Phi) is 8.10. The molecule has 2 rings (SSSR count). The minimum Gasteiger partial charge on any atom is -0.381 e. The van der Waals surface area contributed by atoms with E-state index in [2.05, 4.69) is 17.4 Å². The molecule has 1 amide bonds. The van der Waals surface area contributed by atoms with Crippen molar-refractivity contribution in [1.82, 2.24) is 5.32 Å². The summed E-state index contributed by atoms with van der Waals surface area (Å²) in [5.41, 5.74) is 1.93. The fourth-order valence-electron chi connectivity index (χ4n) is 2.26. The van der Waals surface area contributed by atoms with Gasteiger partial charge in [-0.15, -0.1) is 0 Å². The molecule has 1 N–H and O–H groups in total. The zero-order valence-electron chi connectivity index (χ0n) is 13.4. The maximum atomic E-state index is 11.9. The molecule has 0 aromatic heterocycles. The molecule has 5 heteroatoms. The van der Waals surface area contributed by atoms with Crippen LogP contribution in [0.15, 0.2) is 48.5 Å². The number of amides is 1. The lowest BCUT2D eigenvalue weighted by molar-refractivity contribution is -0.120. The molecule has 0 fully saturated rings. The second-order valence-electron chi connectivity index (χ2n) is 5.43. The average Bonchev–Trinajstić information content (AvgIpc) is 2.58. The zero-order chi connectivity index (χ0) is 17.2.